The third kappa shape index (κ3) is 3.63. The fourth-order valence-electron chi connectivity index (χ4n) is 2.30. The van der Waals surface area contributed by atoms with Gasteiger partial charge in [0.05, 0.1) is 12.0 Å². The summed E-state index contributed by atoms with van der Waals surface area (Å²) in [6, 6.07) is 7.86. The average molecular weight is 309 g/mol. The molecule has 0 radical (unpaired) electrons. The number of alkyl halides is 3. The van der Waals surface area contributed by atoms with E-state index in [0.29, 0.717) is 16.7 Å². The molecule has 0 saturated heterocycles. The third-order valence-electron chi connectivity index (χ3n) is 3.35. The minimum atomic E-state index is -4.47. The Hall–Kier alpha value is -2.37. The van der Waals surface area contributed by atoms with Crippen LogP contribution in [0.4, 0.5) is 13.2 Å². The highest BCUT2D eigenvalue weighted by Crippen LogP contribution is 2.34. The fourth-order valence-corrected chi connectivity index (χ4v) is 2.30. The molecule has 3 nitrogen and oxygen atoms in total. The highest BCUT2D eigenvalue weighted by atomic mass is 19.4. The number of aliphatic carboxylic acids is 1. The number of rotatable bonds is 4. The van der Waals surface area contributed by atoms with E-state index < -0.39 is 17.7 Å². The van der Waals surface area contributed by atoms with Gasteiger partial charge >= 0.3 is 12.1 Å². The molecule has 0 aliphatic rings. The maximum Gasteiger partial charge on any atom is 0.417 e. The third-order valence-corrected chi connectivity index (χ3v) is 3.35. The predicted octanol–water partition coefficient (Wildman–Crippen LogP) is 4.35. The molecular formula is C16H14F3NO2. The summed E-state index contributed by atoms with van der Waals surface area (Å²) in [6.07, 6.45) is -2.44. The van der Waals surface area contributed by atoms with E-state index in [-0.39, 0.29) is 12.3 Å². The van der Waals surface area contributed by atoms with Gasteiger partial charge in [-0.25, -0.2) is 0 Å². The van der Waals surface area contributed by atoms with E-state index in [9.17, 15) is 18.0 Å². The molecule has 1 aromatic heterocycles. The molecule has 116 valence electrons. The number of aromatic nitrogens is 1. The zero-order valence-electron chi connectivity index (χ0n) is 11.8. The molecule has 0 amide bonds. The summed E-state index contributed by atoms with van der Waals surface area (Å²) in [6.45, 7) is 1.73. The lowest BCUT2D eigenvalue weighted by atomic mass is 9.90. The van der Waals surface area contributed by atoms with Crippen molar-refractivity contribution in [2.45, 2.75) is 25.4 Å². The standard InChI is InChI=1S/C16H14F3NO2/c1-10(6-15(21)22)13-4-2-3-5-14(13)11-7-12(9-20-8-11)16(17,18)19/h2-5,7-10H,6H2,1H3,(H,21,22). The van der Waals surface area contributed by atoms with Gasteiger partial charge in [-0.2, -0.15) is 13.2 Å². The molecule has 0 saturated carbocycles. The van der Waals surface area contributed by atoms with Gasteiger partial charge in [-0.3, -0.25) is 9.78 Å². The van der Waals surface area contributed by atoms with Crippen LogP contribution in [0.2, 0.25) is 0 Å². The average Bonchev–Trinajstić information content (AvgIpc) is 2.46. The van der Waals surface area contributed by atoms with Crippen molar-refractivity contribution in [3.05, 3.63) is 53.9 Å². The molecule has 2 rings (SSSR count). The zero-order chi connectivity index (χ0) is 16.3. The summed E-state index contributed by atoms with van der Waals surface area (Å²) in [7, 11) is 0. The van der Waals surface area contributed by atoms with Crippen molar-refractivity contribution in [1.82, 2.24) is 4.98 Å². The van der Waals surface area contributed by atoms with Crippen molar-refractivity contribution in [3.8, 4) is 11.1 Å². The minimum absolute atomic E-state index is 0.0938. The Bertz CT molecular complexity index is 683. The summed E-state index contributed by atoms with van der Waals surface area (Å²) in [5.41, 5.74) is 0.745. The monoisotopic (exact) mass is 309 g/mol. The molecule has 1 atom stereocenters. The predicted molar refractivity (Wildman–Crippen MR) is 75.3 cm³/mol. The van der Waals surface area contributed by atoms with Crippen molar-refractivity contribution in [2.75, 3.05) is 0 Å². The lowest BCUT2D eigenvalue weighted by Crippen LogP contribution is -2.07. The SMILES string of the molecule is CC(CC(=O)O)c1ccccc1-c1cncc(C(F)(F)F)c1. The summed E-state index contributed by atoms with van der Waals surface area (Å²) in [5, 5.41) is 8.90. The van der Waals surface area contributed by atoms with Crippen molar-refractivity contribution in [1.29, 1.82) is 0 Å². The number of benzene rings is 1. The normalized spacial score (nSPS) is 12.9. The molecule has 0 aliphatic carbocycles. The Balaban J connectivity index is 2.47. The van der Waals surface area contributed by atoms with E-state index in [4.69, 9.17) is 5.11 Å². The van der Waals surface area contributed by atoms with Crippen LogP contribution in [0.25, 0.3) is 11.1 Å². The molecule has 1 heterocycles. The minimum Gasteiger partial charge on any atom is -0.481 e. The number of pyridine rings is 1. The van der Waals surface area contributed by atoms with E-state index in [1.165, 1.54) is 6.20 Å². The van der Waals surface area contributed by atoms with Crippen molar-refractivity contribution >= 4 is 5.97 Å². The van der Waals surface area contributed by atoms with Gasteiger partial charge in [0.25, 0.3) is 0 Å². The number of hydrogen-bond acceptors (Lipinski definition) is 2. The summed E-state index contributed by atoms with van der Waals surface area (Å²) in [5.74, 6) is -1.27. The van der Waals surface area contributed by atoms with Gasteiger partial charge < -0.3 is 5.11 Å². The molecule has 1 N–H and O–H groups in total. The summed E-state index contributed by atoms with van der Waals surface area (Å²) >= 11 is 0. The van der Waals surface area contributed by atoms with Gasteiger partial charge in [0, 0.05) is 18.0 Å². The molecule has 2 aromatic rings. The molecule has 1 aromatic carbocycles. The van der Waals surface area contributed by atoms with Crippen LogP contribution < -0.4 is 0 Å². The number of carboxylic acids is 1. The van der Waals surface area contributed by atoms with Gasteiger partial charge in [0.1, 0.15) is 0 Å². The first-order valence-corrected chi connectivity index (χ1v) is 6.62. The van der Waals surface area contributed by atoms with E-state index in [0.717, 1.165) is 12.3 Å². The first-order valence-electron chi connectivity index (χ1n) is 6.62. The van der Waals surface area contributed by atoms with Crippen LogP contribution >= 0.6 is 0 Å². The van der Waals surface area contributed by atoms with Gasteiger partial charge in [-0.1, -0.05) is 31.2 Å². The second-order valence-corrected chi connectivity index (χ2v) is 5.05. The van der Waals surface area contributed by atoms with Gasteiger partial charge in [0.15, 0.2) is 0 Å². The zero-order valence-corrected chi connectivity index (χ0v) is 11.8. The molecule has 0 bridgehead atoms. The van der Waals surface area contributed by atoms with Gasteiger partial charge in [-0.05, 0) is 23.1 Å². The molecular weight excluding hydrogens is 295 g/mol. The van der Waals surface area contributed by atoms with E-state index in [1.54, 1.807) is 31.2 Å². The van der Waals surface area contributed by atoms with Crippen LogP contribution in [0, 0.1) is 0 Å². The molecule has 0 aliphatic heterocycles. The Morgan fingerprint density at radius 3 is 2.59 bits per heavy atom. The molecule has 0 spiro atoms. The van der Waals surface area contributed by atoms with Crippen LogP contribution in [-0.2, 0) is 11.0 Å². The smallest absolute Gasteiger partial charge is 0.417 e. The van der Waals surface area contributed by atoms with Crippen LogP contribution in [0.5, 0.6) is 0 Å². The highest BCUT2D eigenvalue weighted by molar-refractivity contribution is 5.71. The van der Waals surface area contributed by atoms with Crippen LogP contribution in [0.15, 0.2) is 42.7 Å². The van der Waals surface area contributed by atoms with Crippen LogP contribution in [0.3, 0.4) is 0 Å². The number of halogens is 3. The number of carboxylic acid groups (broad SMARTS) is 1. The summed E-state index contributed by atoms with van der Waals surface area (Å²) in [4.78, 5) is 14.5. The lowest BCUT2D eigenvalue weighted by Gasteiger charge is -2.16. The van der Waals surface area contributed by atoms with E-state index in [1.807, 2.05) is 0 Å². The maximum atomic E-state index is 12.8. The number of hydrogen-bond donors (Lipinski definition) is 1. The molecule has 0 fully saturated rings. The fraction of sp³-hybridized carbons (Fsp3) is 0.250. The molecule has 22 heavy (non-hydrogen) atoms. The van der Waals surface area contributed by atoms with E-state index in [2.05, 4.69) is 4.98 Å². The lowest BCUT2D eigenvalue weighted by molar-refractivity contribution is -0.138. The quantitative estimate of drug-likeness (QED) is 0.913. The van der Waals surface area contributed by atoms with Gasteiger partial charge in [0.2, 0.25) is 0 Å². The Morgan fingerprint density at radius 1 is 1.27 bits per heavy atom. The molecule has 1 unspecified atom stereocenters. The topological polar surface area (TPSA) is 50.2 Å². The van der Waals surface area contributed by atoms with Crippen molar-refractivity contribution in [3.63, 3.8) is 0 Å². The van der Waals surface area contributed by atoms with Crippen LogP contribution in [-0.4, -0.2) is 16.1 Å². The van der Waals surface area contributed by atoms with Crippen molar-refractivity contribution in [2.24, 2.45) is 0 Å². The Labute approximate surface area is 125 Å². The largest absolute Gasteiger partial charge is 0.481 e. The summed E-state index contributed by atoms with van der Waals surface area (Å²) < 4.78 is 38.4. The highest BCUT2D eigenvalue weighted by Gasteiger charge is 2.31. The Kier molecular flexibility index (Phi) is 4.49. The number of nitrogens with zero attached hydrogens (tertiary/aromatic N) is 1. The molecule has 6 heteroatoms. The number of carbonyl (C=O) groups is 1. The second-order valence-electron chi connectivity index (χ2n) is 5.05. The van der Waals surface area contributed by atoms with Crippen molar-refractivity contribution < 1.29 is 23.1 Å². The van der Waals surface area contributed by atoms with Gasteiger partial charge in [-0.15, -0.1) is 0 Å². The van der Waals surface area contributed by atoms with E-state index >= 15 is 0 Å². The Morgan fingerprint density at radius 2 is 1.95 bits per heavy atom. The first-order chi connectivity index (χ1) is 10.3. The first kappa shape index (κ1) is 16.0. The van der Waals surface area contributed by atoms with Crippen LogP contribution in [0.1, 0.15) is 30.4 Å². The maximum absolute atomic E-state index is 12.8. The second kappa shape index (κ2) is 6.17.